The molecule has 1 heterocycles. The zero-order valence-electron chi connectivity index (χ0n) is 11.1. The minimum atomic E-state index is -4.40. The number of pyridine rings is 1. The SMILES string of the molecule is CC(C)c1ccc(Oc2cc(C(F)(F)F)ccn2)cc1. The lowest BCUT2D eigenvalue weighted by molar-refractivity contribution is -0.137. The van der Waals surface area contributed by atoms with E-state index in [1.165, 1.54) is 0 Å². The Hall–Kier alpha value is -2.04. The average molecular weight is 281 g/mol. The van der Waals surface area contributed by atoms with Gasteiger partial charge in [0.05, 0.1) is 5.56 Å². The number of benzene rings is 1. The van der Waals surface area contributed by atoms with E-state index >= 15 is 0 Å². The van der Waals surface area contributed by atoms with Gasteiger partial charge in [0.25, 0.3) is 0 Å². The smallest absolute Gasteiger partial charge is 0.416 e. The molecule has 0 saturated heterocycles. The Morgan fingerprint density at radius 1 is 1.05 bits per heavy atom. The van der Waals surface area contributed by atoms with Crippen molar-refractivity contribution in [1.82, 2.24) is 4.98 Å². The van der Waals surface area contributed by atoms with E-state index in [1.807, 2.05) is 12.1 Å². The third-order valence-electron chi connectivity index (χ3n) is 2.83. The van der Waals surface area contributed by atoms with Crippen LogP contribution in [0.1, 0.15) is 30.9 Å². The summed E-state index contributed by atoms with van der Waals surface area (Å²) in [5.74, 6) is 0.772. The summed E-state index contributed by atoms with van der Waals surface area (Å²) in [4.78, 5) is 3.78. The van der Waals surface area contributed by atoms with Gasteiger partial charge in [-0.3, -0.25) is 0 Å². The number of hydrogen-bond donors (Lipinski definition) is 0. The Balaban J connectivity index is 2.18. The van der Waals surface area contributed by atoms with E-state index in [1.54, 1.807) is 12.1 Å². The summed E-state index contributed by atoms with van der Waals surface area (Å²) < 4.78 is 43.0. The minimum absolute atomic E-state index is 0.0721. The molecule has 2 rings (SSSR count). The Bertz CT molecular complexity index is 576. The molecule has 0 fully saturated rings. The fourth-order valence-electron chi connectivity index (χ4n) is 1.68. The van der Waals surface area contributed by atoms with Gasteiger partial charge in [-0.25, -0.2) is 4.98 Å². The second-order valence-electron chi connectivity index (χ2n) is 4.71. The number of hydrogen-bond acceptors (Lipinski definition) is 2. The van der Waals surface area contributed by atoms with Crippen LogP contribution < -0.4 is 4.74 Å². The monoisotopic (exact) mass is 281 g/mol. The third kappa shape index (κ3) is 3.50. The largest absolute Gasteiger partial charge is 0.439 e. The topological polar surface area (TPSA) is 22.1 Å². The first kappa shape index (κ1) is 14.4. The zero-order chi connectivity index (χ0) is 14.8. The van der Waals surface area contributed by atoms with Crippen LogP contribution >= 0.6 is 0 Å². The molecule has 1 aromatic heterocycles. The van der Waals surface area contributed by atoms with E-state index < -0.39 is 11.7 Å². The van der Waals surface area contributed by atoms with Crippen molar-refractivity contribution < 1.29 is 17.9 Å². The van der Waals surface area contributed by atoms with Crippen molar-refractivity contribution in [1.29, 1.82) is 0 Å². The molecule has 2 nitrogen and oxygen atoms in total. The number of rotatable bonds is 3. The van der Waals surface area contributed by atoms with Crippen molar-refractivity contribution in [3.63, 3.8) is 0 Å². The van der Waals surface area contributed by atoms with Crippen LogP contribution in [-0.4, -0.2) is 4.98 Å². The van der Waals surface area contributed by atoms with Gasteiger partial charge in [-0.05, 0) is 29.7 Å². The summed E-state index contributed by atoms with van der Waals surface area (Å²) in [5, 5.41) is 0. The molecule has 2 aromatic rings. The van der Waals surface area contributed by atoms with Gasteiger partial charge in [-0.1, -0.05) is 26.0 Å². The van der Waals surface area contributed by atoms with Gasteiger partial charge in [-0.2, -0.15) is 13.2 Å². The Morgan fingerprint density at radius 3 is 2.25 bits per heavy atom. The zero-order valence-corrected chi connectivity index (χ0v) is 11.1. The van der Waals surface area contributed by atoms with Crippen LogP contribution in [-0.2, 0) is 6.18 Å². The van der Waals surface area contributed by atoms with Crippen LogP contribution in [0.2, 0.25) is 0 Å². The number of aromatic nitrogens is 1. The molecule has 0 amide bonds. The molecular formula is C15H14F3NO. The van der Waals surface area contributed by atoms with Gasteiger partial charge in [-0.15, -0.1) is 0 Å². The molecule has 0 aliphatic heterocycles. The van der Waals surface area contributed by atoms with Crippen LogP contribution in [0.15, 0.2) is 42.6 Å². The molecule has 0 aliphatic carbocycles. The quantitative estimate of drug-likeness (QED) is 0.788. The van der Waals surface area contributed by atoms with E-state index in [-0.39, 0.29) is 5.88 Å². The number of alkyl halides is 3. The molecule has 0 spiro atoms. The molecule has 0 unspecified atom stereocenters. The first-order valence-corrected chi connectivity index (χ1v) is 6.17. The Morgan fingerprint density at radius 2 is 1.70 bits per heavy atom. The summed E-state index contributed by atoms with van der Waals surface area (Å²) in [6.07, 6.45) is -3.32. The van der Waals surface area contributed by atoms with Gasteiger partial charge in [0.15, 0.2) is 0 Å². The Labute approximate surface area is 115 Å². The van der Waals surface area contributed by atoms with Gasteiger partial charge in [0, 0.05) is 12.3 Å². The molecule has 106 valence electrons. The van der Waals surface area contributed by atoms with E-state index in [0.29, 0.717) is 11.7 Å². The highest BCUT2D eigenvalue weighted by Gasteiger charge is 2.31. The van der Waals surface area contributed by atoms with Gasteiger partial charge in [0.1, 0.15) is 5.75 Å². The van der Waals surface area contributed by atoms with Crippen molar-refractivity contribution in [2.75, 3.05) is 0 Å². The van der Waals surface area contributed by atoms with Gasteiger partial charge < -0.3 is 4.74 Å². The molecule has 0 bridgehead atoms. The lowest BCUT2D eigenvalue weighted by Gasteiger charge is -2.10. The van der Waals surface area contributed by atoms with Crippen molar-refractivity contribution in [2.24, 2.45) is 0 Å². The molecule has 0 atom stereocenters. The van der Waals surface area contributed by atoms with Crippen LogP contribution in [0, 0.1) is 0 Å². The first-order valence-electron chi connectivity index (χ1n) is 6.17. The first-order chi connectivity index (χ1) is 9.36. The van der Waals surface area contributed by atoms with Crippen molar-refractivity contribution in [3.8, 4) is 11.6 Å². The normalized spacial score (nSPS) is 11.7. The molecule has 1 aromatic carbocycles. The van der Waals surface area contributed by atoms with Crippen LogP contribution in [0.3, 0.4) is 0 Å². The standard InChI is InChI=1S/C15H14F3NO/c1-10(2)11-3-5-13(6-4-11)20-14-9-12(7-8-19-14)15(16,17)18/h3-10H,1-2H3. The molecular weight excluding hydrogens is 267 g/mol. The van der Waals surface area contributed by atoms with Crippen molar-refractivity contribution >= 4 is 0 Å². The summed E-state index contributed by atoms with van der Waals surface area (Å²) in [6, 6.07) is 9.00. The predicted octanol–water partition coefficient (Wildman–Crippen LogP) is 5.02. The van der Waals surface area contributed by atoms with Crippen LogP contribution in [0.5, 0.6) is 11.6 Å². The van der Waals surface area contributed by atoms with Crippen LogP contribution in [0.4, 0.5) is 13.2 Å². The van der Waals surface area contributed by atoms with Gasteiger partial charge in [0.2, 0.25) is 5.88 Å². The summed E-state index contributed by atoms with van der Waals surface area (Å²) in [5.41, 5.74) is 0.357. The third-order valence-corrected chi connectivity index (χ3v) is 2.83. The highest BCUT2D eigenvalue weighted by Crippen LogP contribution is 2.31. The summed E-state index contributed by atoms with van der Waals surface area (Å²) >= 11 is 0. The molecule has 20 heavy (non-hydrogen) atoms. The average Bonchev–Trinajstić information content (AvgIpc) is 2.38. The maximum atomic E-state index is 12.6. The summed E-state index contributed by atoms with van der Waals surface area (Å²) in [7, 11) is 0. The van der Waals surface area contributed by atoms with Crippen molar-refractivity contribution in [3.05, 3.63) is 53.7 Å². The highest BCUT2D eigenvalue weighted by atomic mass is 19.4. The molecule has 0 aliphatic rings. The summed E-state index contributed by atoms with van der Waals surface area (Å²) in [6.45, 7) is 4.12. The second kappa shape index (κ2) is 5.53. The lowest BCUT2D eigenvalue weighted by Crippen LogP contribution is -2.05. The van der Waals surface area contributed by atoms with E-state index in [2.05, 4.69) is 18.8 Å². The number of halogens is 3. The molecule has 0 saturated carbocycles. The predicted molar refractivity (Wildman–Crippen MR) is 69.8 cm³/mol. The maximum absolute atomic E-state index is 12.6. The lowest BCUT2D eigenvalue weighted by atomic mass is 10.0. The number of ether oxygens (including phenoxy) is 1. The molecule has 0 radical (unpaired) electrons. The maximum Gasteiger partial charge on any atom is 0.416 e. The molecule has 0 N–H and O–H groups in total. The number of nitrogens with zero attached hydrogens (tertiary/aromatic N) is 1. The minimum Gasteiger partial charge on any atom is -0.439 e. The van der Waals surface area contributed by atoms with Crippen LogP contribution in [0.25, 0.3) is 0 Å². The Kier molecular flexibility index (Phi) is 3.97. The van der Waals surface area contributed by atoms with E-state index in [4.69, 9.17) is 4.74 Å². The fraction of sp³-hybridized carbons (Fsp3) is 0.267. The second-order valence-corrected chi connectivity index (χ2v) is 4.71. The molecule has 5 heteroatoms. The van der Waals surface area contributed by atoms with E-state index in [9.17, 15) is 13.2 Å². The highest BCUT2D eigenvalue weighted by molar-refractivity contribution is 5.33. The van der Waals surface area contributed by atoms with Gasteiger partial charge >= 0.3 is 6.18 Å². The van der Waals surface area contributed by atoms with Crippen molar-refractivity contribution in [2.45, 2.75) is 25.9 Å². The van der Waals surface area contributed by atoms with E-state index in [0.717, 1.165) is 23.9 Å². The fourth-order valence-corrected chi connectivity index (χ4v) is 1.68.